The molecule has 5 rings (SSSR count). The van der Waals surface area contributed by atoms with Gasteiger partial charge >= 0.3 is 6.09 Å². The SMILES string of the molecule is COCOc1ccccc1N1CCn2c(nc(C#N)c2N2CCN(C(=O)OCc3ccccc3)CC2)C1. The molecule has 0 aliphatic carbocycles. The lowest BCUT2D eigenvalue weighted by atomic mass is 10.2. The number of ether oxygens (including phenoxy) is 3. The van der Waals surface area contributed by atoms with E-state index in [1.807, 2.05) is 54.6 Å². The van der Waals surface area contributed by atoms with Crippen molar-refractivity contribution in [2.24, 2.45) is 0 Å². The number of fused-ring (bicyclic) bond motifs is 1. The summed E-state index contributed by atoms with van der Waals surface area (Å²) in [6.45, 7) is 4.70. The second kappa shape index (κ2) is 11.2. The number of nitrogens with zero attached hydrogens (tertiary/aromatic N) is 6. The molecule has 10 nitrogen and oxygen atoms in total. The van der Waals surface area contributed by atoms with Crippen LogP contribution in [0.5, 0.6) is 5.75 Å². The predicted octanol–water partition coefficient (Wildman–Crippen LogP) is 3.22. The van der Waals surface area contributed by atoms with Crippen LogP contribution in [0, 0.1) is 11.3 Å². The van der Waals surface area contributed by atoms with Crippen LogP contribution in [-0.2, 0) is 29.2 Å². The van der Waals surface area contributed by atoms with E-state index in [9.17, 15) is 10.1 Å². The first-order chi connectivity index (χ1) is 18.2. The van der Waals surface area contributed by atoms with E-state index >= 15 is 0 Å². The smallest absolute Gasteiger partial charge is 0.410 e. The van der Waals surface area contributed by atoms with Crippen molar-refractivity contribution in [1.82, 2.24) is 14.5 Å². The molecule has 0 spiro atoms. The highest BCUT2D eigenvalue weighted by atomic mass is 16.7. The Morgan fingerprint density at radius 2 is 1.70 bits per heavy atom. The van der Waals surface area contributed by atoms with Gasteiger partial charge in [0.2, 0.25) is 0 Å². The number of benzene rings is 2. The minimum absolute atomic E-state index is 0.175. The van der Waals surface area contributed by atoms with Gasteiger partial charge in [0.05, 0.1) is 12.2 Å². The van der Waals surface area contributed by atoms with E-state index in [0.29, 0.717) is 45.0 Å². The number of para-hydroxylation sites is 2. The molecular formula is C27H30N6O4. The Labute approximate surface area is 216 Å². The fourth-order valence-corrected chi connectivity index (χ4v) is 4.79. The average molecular weight is 503 g/mol. The third kappa shape index (κ3) is 5.32. The van der Waals surface area contributed by atoms with Crippen LogP contribution in [0.4, 0.5) is 16.3 Å². The van der Waals surface area contributed by atoms with E-state index in [2.05, 4.69) is 25.4 Å². The Bertz CT molecular complexity index is 1260. The van der Waals surface area contributed by atoms with Crippen molar-refractivity contribution >= 4 is 17.6 Å². The normalized spacial score (nSPS) is 15.2. The number of amides is 1. The topological polar surface area (TPSA) is 96.1 Å². The van der Waals surface area contributed by atoms with Crippen molar-refractivity contribution in [2.45, 2.75) is 19.7 Å². The van der Waals surface area contributed by atoms with E-state index in [1.165, 1.54) is 0 Å². The van der Waals surface area contributed by atoms with Gasteiger partial charge in [-0.1, -0.05) is 42.5 Å². The standard InChI is InChI=1S/C27H30N6O4/c1-35-20-37-24-10-6-5-9-23(24)32-15-16-33-25(18-32)29-22(17-28)26(33)30-11-13-31(14-12-30)27(34)36-19-21-7-3-2-4-8-21/h2-10H,11-16,18-20H2,1H3. The molecule has 0 radical (unpaired) electrons. The van der Waals surface area contributed by atoms with Gasteiger partial charge in [-0.15, -0.1) is 0 Å². The summed E-state index contributed by atoms with van der Waals surface area (Å²) in [5.74, 6) is 2.42. The molecule has 192 valence electrons. The van der Waals surface area contributed by atoms with Crippen LogP contribution in [0.2, 0.25) is 0 Å². The zero-order valence-corrected chi connectivity index (χ0v) is 20.9. The van der Waals surface area contributed by atoms with Crippen LogP contribution in [0.25, 0.3) is 0 Å². The molecule has 0 unspecified atom stereocenters. The molecule has 0 bridgehead atoms. The first-order valence-electron chi connectivity index (χ1n) is 12.3. The van der Waals surface area contributed by atoms with Crippen molar-refractivity contribution in [2.75, 3.05) is 56.4 Å². The zero-order chi connectivity index (χ0) is 25.6. The van der Waals surface area contributed by atoms with Gasteiger partial charge in [-0.05, 0) is 17.7 Å². The maximum Gasteiger partial charge on any atom is 0.410 e. The molecule has 0 atom stereocenters. The molecule has 0 saturated carbocycles. The molecule has 3 aromatic rings. The molecule has 1 saturated heterocycles. The Kier molecular flexibility index (Phi) is 7.42. The summed E-state index contributed by atoms with van der Waals surface area (Å²) >= 11 is 0. The first-order valence-corrected chi connectivity index (χ1v) is 12.3. The maximum absolute atomic E-state index is 12.6. The molecule has 2 aliphatic heterocycles. The van der Waals surface area contributed by atoms with E-state index in [4.69, 9.17) is 14.2 Å². The highest BCUT2D eigenvalue weighted by molar-refractivity contribution is 5.68. The number of rotatable bonds is 7. The second-order valence-corrected chi connectivity index (χ2v) is 8.92. The van der Waals surface area contributed by atoms with Gasteiger partial charge in [0.15, 0.2) is 12.5 Å². The lowest BCUT2D eigenvalue weighted by Gasteiger charge is -2.37. The zero-order valence-electron chi connectivity index (χ0n) is 20.9. The van der Waals surface area contributed by atoms with Gasteiger partial charge in [0, 0.05) is 46.4 Å². The lowest BCUT2D eigenvalue weighted by molar-refractivity contribution is 0.0514. The quantitative estimate of drug-likeness (QED) is 0.455. The fraction of sp³-hybridized carbons (Fsp3) is 0.370. The van der Waals surface area contributed by atoms with Crippen molar-refractivity contribution < 1.29 is 19.0 Å². The van der Waals surface area contributed by atoms with Crippen LogP contribution < -0.4 is 14.5 Å². The van der Waals surface area contributed by atoms with E-state index < -0.39 is 0 Å². The number of carbonyl (C=O) groups is 1. The number of aromatic nitrogens is 2. The maximum atomic E-state index is 12.6. The largest absolute Gasteiger partial charge is 0.465 e. The summed E-state index contributed by atoms with van der Waals surface area (Å²) in [5, 5.41) is 9.86. The predicted molar refractivity (Wildman–Crippen MR) is 137 cm³/mol. The van der Waals surface area contributed by atoms with Crippen LogP contribution in [0.3, 0.4) is 0 Å². The molecule has 2 aromatic carbocycles. The second-order valence-electron chi connectivity index (χ2n) is 8.92. The number of piperazine rings is 1. The third-order valence-electron chi connectivity index (χ3n) is 6.63. The monoisotopic (exact) mass is 502 g/mol. The van der Waals surface area contributed by atoms with Crippen LogP contribution in [0.15, 0.2) is 54.6 Å². The third-order valence-corrected chi connectivity index (χ3v) is 6.63. The summed E-state index contributed by atoms with van der Waals surface area (Å²) in [6, 6.07) is 19.8. The average Bonchev–Trinajstić information content (AvgIpc) is 3.33. The van der Waals surface area contributed by atoms with Crippen LogP contribution in [0.1, 0.15) is 17.1 Å². The number of methoxy groups -OCH3 is 1. The highest BCUT2D eigenvalue weighted by Gasteiger charge is 2.31. The summed E-state index contributed by atoms with van der Waals surface area (Å²) < 4.78 is 18.4. The van der Waals surface area contributed by atoms with Gasteiger partial charge in [-0.25, -0.2) is 9.78 Å². The lowest BCUT2D eigenvalue weighted by Crippen LogP contribution is -2.50. The Morgan fingerprint density at radius 3 is 2.46 bits per heavy atom. The van der Waals surface area contributed by atoms with Gasteiger partial charge in [-0.2, -0.15) is 5.26 Å². The molecular weight excluding hydrogens is 472 g/mol. The minimum Gasteiger partial charge on any atom is -0.465 e. The fourth-order valence-electron chi connectivity index (χ4n) is 4.79. The van der Waals surface area contributed by atoms with Gasteiger partial charge in [0.1, 0.15) is 30.1 Å². The van der Waals surface area contributed by atoms with Gasteiger partial charge in [0.25, 0.3) is 0 Å². The first kappa shape index (κ1) is 24.5. The number of carbonyl (C=O) groups excluding carboxylic acids is 1. The molecule has 1 aromatic heterocycles. The minimum atomic E-state index is -0.315. The number of imidazole rings is 1. The van der Waals surface area contributed by atoms with E-state index in [0.717, 1.165) is 35.2 Å². The Balaban J connectivity index is 1.24. The number of nitriles is 1. The number of hydrogen-bond donors (Lipinski definition) is 0. The summed E-state index contributed by atoms with van der Waals surface area (Å²) in [4.78, 5) is 23.3. The summed E-state index contributed by atoms with van der Waals surface area (Å²) in [5.41, 5.74) is 2.35. The molecule has 37 heavy (non-hydrogen) atoms. The highest BCUT2D eigenvalue weighted by Crippen LogP contribution is 2.33. The van der Waals surface area contributed by atoms with Crippen molar-refractivity contribution in [3.8, 4) is 11.8 Å². The van der Waals surface area contributed by atoms with Crippen LogP contribution >= 0.6 is 0 Å². The van der Waals surface area contributed by atoms with Crippen LogP contribution in [-0.4, -0.2) is 67.2 Å². The Hall–Kier alpha value is -4.23. The van der Waals surface area contributed by atoms with Crippen molar-refractivity contribution in [1.29, 1.82) is 5.26 Å². The van der Waals surface area contributed by atoms with E-state index in [1.54, 1.807) is 12.0 Å². The molecule has 1 fully saturated rings. The number of anilines is 2. The van der Waals surface area contributed by atoms with Crippen molar-refractivity contribution in [3.05, 3.63) is 71.7 Å². The number of hydrogen-bond acceptors (Lipinski definition) is 8. The van der Waals surface area contributed by atoms with Gasteiger partial charge < -0.3 is 33.5 Å². The van der Waals surface area contributed by atoms with E-state index in [-0.39, 0.29) is 19.5 Å². The molecule has 10 heteroatoms. The van der Waals surface area contributed by atoms with Gasteiger partial charge in [-0.3, -0.25) is 0 Å². The summed E-state index contributed by atoms with van der Waals surface area (Å²) in [7, 11) is 1.60. The van der Waals surface area contributed by atoms with Crippen molar-refractivity contribution in [3.63, 3.8) is 0 Å². The molecule has 2 aliphatic rings. The Morgan fingerprint density at radius 1 is 0.973 bits per heavy atom. The molecule has 3 heterocycles. The molecule has 0 N–H and O–H groups in total. The molecule has 1 amide bonds. The summed E-state index contributed by atoms with van der Waals surface area (Å²) in [6.07, 6.45) is -0.315.